The Balaban J connectivity index is 1.49. The van der Waals surface area contributed by atoms with Crippen molar-refractivity contribution in [3.05, 3.63) is 113 Å². The Hall–Kier alpha value is -4.26. The molecule has 2 aromatic carbocycles. The van der Waals surface area contributed by atoms with Crippen molar-refractivity contribution in [2.45, 2.75) is 12.8 Å². The summed E-state index contributed by atoms with van der Waals surface area (Å²) in [5.74, 6) is 1.01. The van der Waals surface area contributed by atoms with Crippen LogP contribution in [-0.4, -0.2) is 28.4 Å². The van der Waals surface area contributed by atoms with E-state index in [0.717, 1.165) is 29.7 Å². The van der Waals surface area contributed by atoms with Gasteiger partial charge in [0.2, 0.25) is 11.9 Å². The first kappa shape index (κ1) is 20.4. The molecule has 1 aliphatic carbocycles. The lowest BCUT2D eigenvalue weighted by molar-refractivity contribution is 0.627. The van der Waals surface area contributed by atoms with Crippen molar-refractivity contribution in [2.24, 2.45) is 25.9 Å². The molecule has 0 spiro atoms. The molecule has 1 unspecified atom stereocenters. The number of aliphatic imine (C=N–C) groups is 4. The molecule has 0 radical (unpaired) electrons. The van der Waals surface area contributed by atoms with Crippen molar-refractivity contribution in [1.29, 1.82) is 0 Å². The Labute approximate surface area is 195 Å². The fourth-order valence-electron chi connectivity index (χ4n) is 4.19. The van der Waals surface area contributed by atoms with E-state index in [-0.39, 0.29) is 17.6 Å². The van der Waals surface area contributed by atoms with Crippen LogP contribution in [0.3, 0.4) is 0 Å². The molecule has 6 rings (SSSR count). The van der Waals surface area contributed by atoms with Gasteiger partial charge in [-0.15, -0.1) is 0 Å². The first-order valence-corrected chi connectivity index (χ1v) is 11.1. The van der Waals surface area contributed by atoms with Crippen LogP contribution in [0, 0.1) is 17.6 Å². The molecule has 0 saturated heterocycles. The fraction of sp³-hybridized carbons (Fsp3) is 0.111. The molecular weight excluding hydrogens is 432 g/mol. The average Bonchev–Trinajstić information content (AvgIpc) is 3.14. The van der Waals surface area contributed by atoms with Crippen LogP contribution in [-0.2, 0) is 0 Å². The van der Waals surface area contributed by atoms with Crippen molar-refractivity contribution >= 4 is 29.2 Å². The smallest absolute Gasteiger partial charge is 0.239 e. The molecule has 7 heteroatoms. The van der Waals surface area contributed by atoms with E-state index in [1.807, 2.05) is 29.2 Å². The molecule has 4 aliphatic rings. The number of hydrogen-bond donors (Lipinski definition) is 0. The van der Waals surface area contributed by atoms with Crippen molar-refractivity contribution in [3.8, 4) is 0 Å². The van der Waals surface area contributed by atoms with Gasteiger partial charge < -0.3 is 0 Å². The normalized spacial score (nSPS) is 20.9. The van der Waals surface area contributed by atoms with Crippen LogP contribution in [0.2, 0.25) is 0 Å². The number of halogens is 2. The highest BCUT2D eigenvalue weighted by atomic mass is 19.1. The van der Waals surface area contributed by atoms with Gasteiger partial charge in [0.1, 0.15) is 17.5 Å². The predicted molar refractivity (Wildman–Crippen MR) is 131 cm³/mol. The van der Waals surface area contributed by atoms with E-state index in [0.29, 0.717) is 29.2 Å². The summed E-state index contributed by atoms with van der Waals surface area (Å²) in [5, 5.41) is 0. The molecule has 0 fully saturated rings. The number of rotatable bonds is 3. The van der Waals surface area contributed by atoms with Crippen LogP contribution in [0.4, 0.5) is 8.78 Å². The lowest BCUT2D eigenvalue weighted by atomic mass is 10.0. The zero-order valence-corrected chi connectivity index (χ0v) is 18.1. The highest BCUT2D eigenvalue weighted by Crippen LogP contribution is 2.32. The summed E-state index contributed by atoms with van der Waals surface area (Å²) in [7, 11) is 0. The summed E-state index contributed by atoms with van der Waals surface area (Å²) in [5.41, 5.74) is 3.68. The van der Waals surface area contributed by atoms with E-state index in [9.17, 15) is 8.78 Å². The summed E-state index contributed by atoms with van der Waals surface area (Å²) >= 11 is 0. The van der Waals surface area contributed by atoms with E-state index in [1.54, 1.807) is 24.3 Å². The maximum Gasteiger partial charge on any atom is 0.239 e. The first-order chi connectivity index (χ1) is 16.6. The molecule has 5 nitrogen and oxygen atoms in total. The highest BCUT2D eigenvalue weighted by molar-refractivity contribution is 6.24. The number of nitrogens with zero attached hydrogens (tertiary/aromatic N) is 5. The zero-order valence-electron chi connectivity index (χ0n) is 18.1. The van der Waals surface area contributed by atoms with Crippen LogP contribution in [0.25, 0.3) is 5.70 Å². The van der Waals surface area contributed by atoms with Gasteiger partial charge in [0.05, 0.1) is 17.1 Å². The molecule has 1 atom stereocenters. The number of guanidine groups is 2. The summed E-state index contributed by atoms with van der Waals surface area (Å²) in [4.78, 5) is 21.0. The van der Waals surface area contributed by atoms with Gasteiger partial charge in [0.25, 0.3) is 0 Å². The van der Waals surface area contributed by atoms with Crippen LogP contribution >= 0.6 is 0 Å². The van der Waals surface area contributed by atoms with Gasteiger partial charge in [-0.05, 0) is 73.5 Å². The topological polar surface area (TPSA) is 52.7 Å². The highest BCUT2D eigenvalue weighted by Gasteiger charge is 2.34. The van der Waals surface area contributed by atoms with Gasteiger partial charge in [0.15, 0.2) is 0 Å². The largest absolute Gasteiger partial charge is 0.246 e. The monoisotopic (exact) mass is 451 g/mol. The molecule has 0 amide bonds. The van der Waals surface area contributed by atoms with Crippen molar-refractivity contribution in [3.63, 3.8) is 0 Å². The van der Waals surface area contributed by atoms with Crippen LogP contribution in [0.1, 0.15) is 24.0 Å². The molecule has 0 bridgehead atoms. The lowest BCUT2D eigenvalue weighted by Gasteiger charge is -2.33. The minimum atomic E-state index is -0.307. The molecule has 3 aliphatic heterocycles. The number of hydrogen-bond acceptors (Lipinski definition) is 5. The number of benzene rings is 2. The van der Waals surface area contributed by atoms with Gasteiger partial charge in [-0.3, -0.25) is 0 Å². The number of allylic oxidation sites excluding steroid dienone is 5. The molecule has 166 valence electrons. The fourth-order valence-corrected chi connectivity index (χ4v) is 4.19. The summed E-state index contributed by atoms with van der Waals surface area (Å²) < 4.78 is 27.0. The van der Waals surface area contributed by atoms with E-state index in [1.165, 1.54) is 24.3 Å². The summed E-state index contributed by atoms with van der Waals surface area (Å²) in [6, 6.07) is 12.4. The number of amidine groups is 1. The van der Waals surface area contributed by atoms with Crippen molar-refractivity contribution < 1.29 is 8.78 Å². The van der Waals surface area contributed by atoms with Crippen LogP contribution in [0.15, 0.2) is 111 Å². The third-order valence-corrected chi connectivity index (χ3v) is 5.94. The maximum absolute atomic E-state index is 13.5. The lowest BCUT2D eigenvalue weighted by Crippen LogP contribution is -2.42. The molecule has 34 heavy (non-hydrogen) atoms. The summed E-state index contributed by atoms with van der Waals surface area (Å²) in [6.07, 6.45) is 13.9. The first-order valence-electron chi connectivity index (χ1n) is 11.1. The second-order valence-corrected chi connectivity index (χ2v) is 8.24. The third kappa shape index (κ3) is 3.75. The standard InChI is InChI=1S/C27H19F2N5/c28-20-11-7-17(8-12-20)23-15-22-16-24(18-9-13-21(29)14-10-18)31-27-33-25(32-26(30-23)34(22)27)19-5-3-1-2-4-6-19/h1-3,5,7-16,19H,4,6H2. The summed E-state index contributed by atoms with van der Waals surface area (Å²) in [6.45, 7) is 0. The van der Waals surface area contributed by atoms with E-state index < -0.39 is 0 Å². The Kier molecular flexibility index (Phi) is 4.95. The van der Waals surface area contributed by atoms with E-state index in [4.69, 9.17) is 20.0 Å². The quantitative estimate of drug-likeness (QED) is 0.595. The zero-order chi connectivity index (χ0) is 23.1. The van der Waals surface area contributed by atoms with Gasteiger partial charge in [-0.2, -0.15) is 9.98 Å². The molecule has 2 aromatic rings. The van der Waals surface area contributed by atoms with Crippen molar-refractivity contribution in [2.75, 3.05) is 0 Å². The Morgan fingerprint density at radius 2 is 1.44 bits per heavy atom. The molecule has 3 heterocycles. The maximum atomic E-state index is 13.5. The molecule has 0 saturated carbocycles. The van der Waals surface area contributed by atoms with Gasteiger partial charge in [0, 0.05) is 17.0 Å². The van der Waals surface area contributed by atoms with Crippen LogP contribution in [0.5, 0.6) is 0 Å². The minimum absolute atomic E-state index is 0.0337. The Bertz CT molecular complexity index is 1360. The van der Waals surface area contributed by atoms with Gasteiger partial charge in [-0.25, -0.2) is 23.7 Å². The second kappa shape index (κ2) is 8.26. The van der Waals surface area contributed by atoms with Gasteiger partial charge >= 0.3 is 0 Å². The van der Waals surface area contributed by atoms with Crippen molar-refractivity contribution in [1.82, 2.24) is 4.90 Å². The van der Waals surface area contributed by atoms with E-state index >= 15 is 0 Å². The van der Waals surface area contributed by atoms with Crippen LogP contribution < -0.4 is 0 Å². The van der Waals surface area contributed by atoms with Gasteiger partial charge in [-0.1, -0.05) is 24.3 Å². The second-order valence-electron chi connectivity index (χ2n) is 8.24. The molecule has 0 N–H and O–H groups in total. The minimum Gasteiger partial charge on any atom is -0.246 e. The molecule has 0 aromatic heterocycles. The third-order valence-electron chi connectivity index (χ3n) is 5.94. The SMILES string of the molecule is Fc1ccc(C2=CC3=CC(c4ccc(F)cc4)=NC4=NC(C5C=CC=CCC5)=NC(=N2)N34)cc1. The molecular formula is C27H19F2N5. The van der Waals surface area contributed by atoms with E-state index in [2.05, 4.69) is 12.2 Å². The Morgan fingerprint density at radius 1 is 0.735 bits per heavy atom. The predicted octanol–water partition coefficient (Wildman–Crippen LogP) is 5.65. The Morgan fingerprint density at radius 3 is 2.21 bits per heavy atom. The average molecular weight is 451 g/mol.